The van der Waals surface area contributed by atoms with Crippen LogP contribution in [0.1, 0.15) is 12.8 Å². The standard InChI is InChI=1S/C15H19ClN2O4/c16-12-3-1-2-4-13(12)22-9-14(19)17-10-18-7-5-11(6-8-18)15(20)21/h1-4,11H,5-10H2,(H,17,19)(H,20,21). The summed E-state index contributed by atoms with van der Waals surface area (Å²) in [4.78, 5) is 24.6. The summed E-state index contributed by atoms with van der Waals surface area (Å²) in [5.41, 5.74) is 0. The number of amides is 1. The predicted molar refractivity (Wildman–Crippen MR) is 81.9 cm³/mol. The topological polar surface area (TPSA) is 78.9 Å². The smallest absolute Gasteiger partial charge is 0.306 e. The molecule has 6 nitrogen and oxygen atoms in total. The first kappa shape index (κ1) is 16.6. The number of carbonyl (C=O) groups is 2. The van der Waals surface area contributed by atoms with Crippen molar-refractivity contribution >= 4 is 23.5 Å². The lowest BCUT2D eigenvalue weighted by Crippen LogP contribution is -2.44. The number of hydrogen-bond donors (Lipinski definition) is 2. The van der Waals surface area contributed by atoms with Gasteiger partial charge in [0, 0.05) is 13.1 Å². The van der Waals surface area contributed by atoms with Crippen LogP contribution in [0.4, 0.5) is 0 Å². The number of halogens is 1. The van der Waals surface area contributed by atoms with Crippen molar-refractivity contribution in [1.82, 2.24) is 10.2 Å². The van der Waals surface area contributed by atoms with Crippen molar-refractivity contribution in [3.05, 3.63) is 29.3 Å². The summed E-state index contributed by atoms with van der Waals surface area (Å²) in [5, 5.41) is 12.1. The van der Waals surface area contributed by atoms with Gasteiger partial charge in [-0.2, -0.15) is 0 Å². The van der Waals surface area contributed by atoms with E-state index < -0.39 is 5.97 Å². The largest absolute Gasteiger partial charge is 0.482 e. The predicted octanol–water partition coefficient (Wildman–Crippen LogP) is 1.59. The first-order valence-corrected chi connectivity index (χ1v) is 7.53. The molecule has 1 aliphatic heterocycles. The third kappa shape index (κ3) is 4.89. The number of ether oxygens (including phenoxy) is 1. The normalized spacial score (nSPS) is 16.2. The average Bonchev–Trinajstić information content (AvgIpc) is 2.52. The monoisotopic (exact) mass is 326 g/mol. The zero-order valence-corrected chi connectivity index (χ0v) is 12.9. The Hall–Kier alpha value is -1.79. The number of likely N-dealkylation sites (tertiary alicyclic amines) is 1. The fourth-order valence-corrected chi connectivity index (χ4v) is 2.48. The van der Waals surface area contributed by atoms with E-state index in [-0.39, 0.29) is 18.4 Å². The first-order valence-electron chi connectivity index (χ1n) is 7.15. The summed E-state index contributed by atoms with van der Waals surface area (Å²) < 4.78 is 5.35. The van der Waals surface area contributed by atoms with Crippen LogP contribution < -0.4 is 10.1 Å². The van der Waals surface area contributed by atoms with E-state index >= 15 is 0 Å². The third-order valence-electron chi connectivity index (χ3n) is 3.63. The molecule has 0 saturated carbocycles. The molecule has 0 aromatic heterocycles. The van der Waals surface area contributed by atoms with Crippen molar-refractivity contribution in [1.29, 1.82) is 0 Å². The number of carbonyl (C=O) groups excluding carboxylic acids is 1. The number of piperidine rings is 1. The highest BCUT2D eigenvalue weighted by Crippen LogP contribution is 2.22. The highest BCUT2D eigenvalue weighted by Gasteiger charge is 2.24. The van der Waals surface area contributed by atoms with Crippen LogP contribution in [-0.4, -0.2) is 48.2 Å². The van der Waals surface area contributed by atoms with Crippen LogP contribution in [0.3, 0.4) is 0 Å². The van der Waals surface area contributed by atoms with Crippen molar-refractivity contribution in [3.8, 4) is 5.75 Å². The molecule has 0 radical (unpaired) electrons. The second kappa shape index (κ2) is 8.00. The van der Waals surface area contributed by atoms with Crippen LogP contribution in [0.5, 0.6) is 5.75 Å². The summed E-state index contributed by atoms with van der Waals surface area (Å²) in [6, 6.07) is 6.97. The SMILES string of the molecule is O=C(COc1ccccc1Cl)NCN1CCC(C(=O)O)CC1. The van der Waals surface area contributed by atoms with E-state index in [0.717, 1.165) is 0 Å². The summed E-state index contributed by atoms with van der Waals surface area (Å²) >= 11 is 5.93. The van der Waals surface area contributed by atoms with E-state index in [1.165, 1.54) is 0 Å². The van der Waals surface area contributed by atoms with Crippen molar-refractivity contribution in [2.45, 2.75) is 12.8 Å². The maximum atomic E-state index is 11.7. The molecule has 22 heavy (non-hydrogen) atoms. The van der Waals surface area contributed by atoms with Crippen molar-refractivity contribution in [2.24, 2.45) is 5.92 Å². The van der Waals surface area contributed by atoms with Crippen LogP contribution in [0.25, 0.3) is 0 Å². The highest BCUT2D eigenvalue weighted by atomic mass is 35.5. The third-order valence-corrected chi connectivity index (χ3v) is 3.94. The second-order valence-corrected chi connectivity index (χ2v) is 5.61. The van der Waals surface area contributed by atoms with Gasteiger partial charge in [-0.05, 0) is 25.0 Å². The summed E-state index contributed by atoms with van der Waals surface area (Å²) in [6.45, 7) is 1.64. The van der Waals surface area contributed by atoms with Gasteiger partial charge in [0.15, 0.2) is 6.61 Å². The molecule has 1 aliphatic rings. The Morgan fingerprint density at radius 2 is 2.00 bits per heavy atom. The summed E-state index contributed by atoms with van der Waals surface area (Å²) in [6.07, 6.45) is 1.22. The molecular formula is C15H19ClN2O4. The fraction of sp³-hybridized carbons (Fsp3) is 0.467. The minimum absolute atomic E-state index is 0.102. The molecule has 0 bridgehead atoms. The molecule has 1 aromatic rings. The van der Waals surface area contributed by atoms with Crippen molar-refractivity contribution in [3.63, 3.8) is 0 Å². The molecule has 1 heterocycles. The van der Waals surface area contributed by atoms with Crippen LogP contribution >= 0.6 is 11.6 Å². The number of benzene rings is 1. The molecule has 1 fully saturated rings. The molecule has 1 saturated heterocycles. The first-order chi connectivity index (χ1) is 10.6. The fourth-order valence-electron chi connectivity index (χ4n) is 2.29. The van der Waals surface area contributed by atoms with Gasteiger partial charge < -0.3 is 15.2 Å². The molecule has 7 heteroatoms. The molecule has 0 aliphatic carbocycles. The molecule has 0 atom stereocenters. The Morgan fingerprint density at radius 1 is 1.32 bits per heavy atom. The van der Waals surface area contributed by atoms with Gasteiger partial charge in [0.05, 0.1) is 17.6 Å². The van der Waals surface area contributed by atoms with Crippen LogP contribution in [-0.2, 0) is 9.59 Å². The molecule has 120 valence electrons. The summed E-state index contributed by atoms with van der Waals surface area (Å²) in [7, 11) is 0. The number of rotatable bonds is 6. The van der Waals surface area contributed by atoms with E-state index in [4.69, 9.17) is 21.4 Å². The summed E-state index contributed by atoms with van der Waals surface area (Å²) in [5.74, 6) is -0.769. The lowest BCUT2D eigenvalue weighted by molar-refractivity contribution is -0.143. The Bertz CT molecular complexity index is 530. The van der Waals surface area contributed by atoms with E-state index in [0.29, 0.717) is 43.4 Å². The zero-order chi connectivity index (χ0) is 15.9. The van der Waals surface area contributed by atoms with Gasteiger partial charge in [-0.1, -0.05) is 23.7 Å². The van der Waals surface area contributed by atoms with Gasteiger partial charge >= 0.3 is 5.97 Å². The zero-order valence-electron chi connectivity index (χ0n) is 12.1. The molecular weight excluding hydrogens is 308 g/mol. The molecule has 2 rings (SSSR count). The van der Waals surface area contributed by atoms with Crippen LogP contribution in [0.15, 0.2) is 24.3 Å². The lowest BCUT2D eigenvalue weighted by Gasteiger charge is -2.29. The number of hydrogen-bond acceptors (Lipinski definition) is 4. The van der Waals surface area contributed by atoms with Gasteiger partial charge in [-0.15, -0.1) is 0 Å². The molecule has 2 N–H and O–H groups in total. The number of nitrogens with one attached hydrogen (secondary N) is 1. The molecule has 0 spiro atoms. The Balaban J connectivity index is 1.66. The Morgan fingerprint density at radius 3 is 2.64 bits per heavy atom. The van der Waals surface area contributed by atoms with Crippen molar-refractivity contribution < 1.29 is 19.4 Å². The van der Waals surface area contributed by atoms with Gasteiger partial charge in [0.1, 0.15) is 5.75 Å². The van der Waals surface area contributed by atoms with E-state index in [9.17, 15) is 9.59 Å². The van der Waals surface area contributed by atoms with Gasteiger partial charge in [-0.3, -0.25) is 14.5 Å². The van der Waals surface area contributed by atoms with Crippen LogP contribution in [0.2, 0.25) is 5.02 Å². The molecule has 1 aromatic carbocycles. The van der Waals surface area contributed by atoms with Crippen LogP contribution in [0, 0.1) is 5.92 Å². The van der Waals surface area contributed by atoms with E-state index in [2.05, 4.69) is 5.32 Å². The average molecular weight is 327 g/mol. The van der Waals surface area contributed by atoms with Gasteiger partial charge in [0.2, 0.25) is 0 Å². The number of para-hydroxylation sites is 1. The molecule has 0 unspecified atom stereocenters. The van der Waals surface area contributed by atoms with Crippen molar-refractivity contribution in [2.75, 3.05) is 26.4 Å². The number of nitrogens with zero attached hydrogens (tertiary/aromatic N) is 1. The van der Waals surface area contributed by atoms with E-state index in [1.807, 2.05) is 4.90 Å². The molecule has 1 amide bonds. The van der Waals surface area contributed by atoms with Gasteiger partial charge in [0.25, 0.3) is 5.91 Å². The van der Waals surface area contributed by atoms with Gasteiger partial charge in [-0.25, -0.2) is 0 Å². The number of carboxylic acids is 1. The number of aliphatic carboxylic acids is 1. The second-order valence-electron chi connectivity index (χ2n) is 5.21. The Labute approximate surface area is 134 Å². The minimum atomic E-state index is -0.739. The minimum Gasteiger partial charge on any atom is -0.482 e. The highest BCUT2D eigenvalue weighted by molar-refractivity contribution is 6.32. The maximum Gasteiger partial charge on any atom is 0.306 e. The Kier molecular flexibility index (Phi) is 6.03. The van der Waals surface area contributed by atoms with E-state index in [1.54, 1.807) is 24.3 Å². The maximum absolute atomic E-state index is 11.7. The lowest BCUT2D eigenvalue weighted by atomic mass is 9.97. The quantitative estimate of drug-likeness (QED) is 0.830. The number of carboxylic acid groups (broad SMARTS) is 1.